The first-order valence-electron chi connectivity index (χ1n) is 9.89. The van der Waals surface area contributed by atoms with Crippen molar-refractivity contribution in [1.29, 1.82) is 0 Å². The molecule has 0 unspecified atom stereocenters. The fraction of sp³-hybridized carbons (Fsp3) is 0.545. The molecule has 1 aromatic carbocycles. The van der Waals surface area contributed by atoms with Crippen molar-refractivity contribution < 1.29 is 4.79 Å². The molecular formula is C22H31N3O. The maximum Gasteiger partial charge on any atom is 0.225 e. The van der Waals surface area contributed by atoms with Crippen LogP contribution in [0.2, 0.25) is 0 Å². The van der Waals surface area contributed by atoms with E-state index in [-0.39, 0.29) is 11.3 Å². The van der Waals surface area contributed by atoms with Gasteiger partial charge in [0.05, 0.1) is 5.52 Å². The fourth-order valence-corrected chi connectivity index (χ4v) is 3.50. The zero-order valence-electron chi connectivity index (χ0n) is 16.3. The van der Waals surface area contributed by atoms with E-state index in [1.807, 2.05) is 20.8 Å². The van der Waals surface area contributed by atoms with Gasteiger partial charge in [0.1, 0.15) is 0 Å². The van der Waals surface area contributed by atoms with Crippen LogP contribution in [0.1, 0.15) is 57.7 Å². The van der Waals surface area contributed by atoms with E-state index in [1.165, 1.54) is 35.2 Å². The summed E-state index contributed by atoms with van der Waals surface area (Å²) in [6.45, 7) is 7.50. The Kier molecular flexibility index (Phi) is 5.80. The number of anilines is 1. The monoisotopic (exact) mass is 353 g/mol. The van der Waals surface area contributed by atoms with Gasteiger partial charge >= 0.3 is 0 Å². The first kappa shape index (κ1) is 18.7. The number of aryl methyl sites for hydroxylation is 1. The molecule has 2 N–H and O–H groups in total. The third-order valence-corrected chi connectivity index (χ3v) is 5.04. The second kappa shape index (κ2) is 8.07. The number of amides is 1. The third-order valence-electron chi connectivity index (χ3n) is 5.04. The van der Waals surface area contributed by atoms with Gasteiger partial charge in [-0.15, -0.1) is 0 Å². The summed E-state index contributed by atoms with van der Waals surface area (Å²) >= 11 is 0. The van der Waals surface area contributed by atoms with Gasteiger partial charge in [0.25, 0.3) is 0 Å². The molecule has 26 heavy (non-hydrogen) atoms. The van der Waals surface area contributed by atoms with Gasteiger partial charge in [0.2, 0.25) is 5.91 Å². The van der Waals surface area contributed by atoms with Crippen LogP contribution in [0.25, 0.3) is 10.9 Å². The standard InChI is InChI=1S/C22H31N3O/c1-22(2,3)21(26)24-15-9-8-14-23-20-16-10-4-6-12-18(16)25-19-13-7-5-11-17(19)20/h4,6,10,12H,5,7-9,11,13-15H2,1-3H3,(H,23,25)(H,24,26). The van der Waals surface area contributed by atoms with Crippen molar-refractivity contribution in [3.8, 4) is 0 Å². The molecule has 0 saturated carbocycles. The van der Waals surface area contributed by atoms with Crippen LogP contribution in [-0.4, -0.2) is 24.0 Å². The Hall–Kier alpha value is -2.10. The Morgan fingerprint density at radius 1 is 1.08 bits per heavy atom. The van der Waals surface area contributed by atoms with Crippen molar-refractivity contribution in [2.45, 2.75) is 59.3 Å². The van der Waals surface area contributed by atoms with Crippen LogP contribution < -0.4 is 10.6 Å². The highest BCUT2D eigenvalue weighted by atomic mass is 16.2. The van der Waals surface area contributed by atoms with E-state index in [1.54, 1.807) is 0 Å². The topological polar surface area (TPSA) is 54.0 Å². The van der Waals surface area contributed by atoms with Gasteiger partial charge in [-0.2, -0.15) is 0 Å². The zero-order chi connectivity index (χ0) is 18.6. The predicted molar refractivity (Wildman–Crippen MR) is 109 cm³/mol. The molecule has 1 amide bonds. The minimum Gasteiger partial charge on any atom is -0.384 e. The summed E-state index contributed by atoms with van der Waals surface area (Å²) in [6, 6.07) is 8.43. The molecule has 140 valence electrons. The number of fused-ring (bicyclic) bond motifs is 2. The first-order valence-corrected chi connectivity index (χ1v) is 9.89. The number of aromatic nitrogens is 1. The third kappa shape index (κ3) is 4.35. The van der Waals surface area contributed by atoms with Crippen LogP contribution in [-0.2, 0) is 17.6 Å². The lowest BCUT2D eigenvalue weighted by Gasteiger charge is -2.22. The molecule has 0 saturated heterocycles. The smallest absolute Gasteiger partial charge is 0.225 e. The molecule has 0 atom stereocenters. The molecule has 0 fully saturated rings. The highest BCUT2D eigenvalue weighted by Gasteiger charge is 2.20. The summed E-state index contributed by atoms with van der Waals surface area (Å²) in [5.41, 5.74) is 4.75. The van der Waals surface area contributed by atoms with Gasteiger partial charge in [-0.25, -0.2) is 0 Å². The van der Waals surface area contributed by atoms with E-state index in [0.29, 0.717) is 0 Å². The number of carbonyl (C=O) groups excluding carboxylic acids is 1. The molecule has 1 aromatic heterocycles. The summed E-state index contributed by atoms with van der Waals surface area (Å²) in [5, 5.41) is 7.94. The Morgan fingerprint density at radius 3 is 2.62 bits per heavy atom. The largest absolute Gasteiger partial charge is 0.384 e. The van der Waals surface area contributed by atoms with Crippen LogP contribution in [0.5, 0.6) is 0 Å². The molecule has 4 heteroatoms. The van der Waals surface area contributed by atoms with Crippen molar-refractivity contribution in [3.05, 3.63) is 35.5 Å². The normalized spacial score (nSPS) is 14.1. The number of rotatable bonds is 6. The van der Waals surface area contributed by atoms with E-state index in [2.05, 4.69) is 34.9 Å². The number of hydrogen-bond donors (Lipinski definition) is 2. The molecule has 4 nitrogen and oxygen atoms in total. The van der Waals surface area contributed by atoms with Crippen molar-refractivity contribution in [1.82, 2.24) is 10.3 Å². The predicted octanol–water partition coefficient (Wildman–Crippen LogP) is 4.47. The van der Waals surface area contributed by atoms with E-state index in [4.69, 9.17) is 4.98 Å². The summed E-state index contributed by atoms with van der Waals surface area (Å²) in [6.07, 6.45) is 6.73. The average molecular weight is 354 g/mol. The zero-order valence-corrected chi connectivity index (χ0v) is 16.3. The number of unbranched alkanes of at least 4 members (excludes halogenated alkanes) is 1. The van der Waals surface area contributed by atoms with Crippen molar-refractivity contribution in [2.24, 2.45) is 5.41 Å². The molecule has 0 radical (unpaired) electrons. The SMILES string of the molecule is CC(C)(C)C(=O)NCCCCNc1c2c(nc3ccccc13)CCCC2. The maximum absolute atomic E-state index is 11.9. The van der Waals surface area contributed by atoms with Crippen LogP contribution >= 0.6 is 0 Å². The van der Waals surface area contributed by atoms with Crippen molar-refractivity contribution >= 4 is 22.5 Å². The number of nitrogens with zero attached hydrogens (tertiary/aromatic N) is 1. The number of para-hydroxylation sites is 1. The quantitative estimate of drug-likeness (QED) is 0.754. The molecule has 1 aliphatic carbocycles. The van der Waals surface area contributed by atoms with Gasteiger partial charge in [-0.3, -0.25) is 9.78 Å². The van der Waals surface area contributed by atoms with E-state index in [9.17, 15) is 4.79 Å². The van der Waals surface area contributed by atoms with Crippen LogP contribution in [0, 0.1) is 5.41 Å². The van der Waals surface area contributed by atoms with Gasteiger partial charge in [0.15, 0.2) is 0 Å². The summed E-state index contributed by atoms with van der Waals surface area (Å²) in [4.78, 5) is 16.8. The number of pyridine rings is 1. The van der Waals surface area contributed by atoms with Gasteiger partial charge in [0, 0.05) is 35.3 Å². The molecule has 1 heterocycles. The number of carbonyl (C=O) groups is 1. The van der Waals surface area contributed by atoms with Crippen LogP contribution in [0.4, 0.5) is 5.69 Å². The summed E-state index contributed by atoms with van der Waals surface area (Å²) in [7, 11) is 0. The fourth-order valence-electron chi connectivity index (χ4n) is 3.50. The molecule has 3 rings (SSSR count). The molecule has 2 aromatic rings. The lowest BCUT2D eigenvalue weighted by Crippen LogP contribution is -2.35. The summed E-state index contributed by atoms with van der Waals surface area (Å²) < 4.78 is 0. The van der Waals surface area contributed by atoms with Crippen molar-refractivity contribution in [3.63, 3.8) is 0 Å². The first-order chi connectivity index (χ1) is 12.5. The van der Waals surface area contributed by atoms with Crippen molar-refractivity contribution in [2.75, 3.05) is 18.4 Å². The van der Waals surface area contributed by atoms with E-state index < -0.39 is 0 Å². The lowest BCUT2D eigenvalue weighted by atomic mass is 9.92. The van der Waals surface area contributed by atoms with Crippen LogP contribution in [0.15, 0.2) is 24.3 Å². The summed E-state index contributed by atoms with van der Waals surface area (Å²) in [5.74, 6) is 0.125. The second-order valence-electron chi connectivity index (χ2n) is 8.28. The Bertz CT molecular complexity index is 777. The molecule has 0 aliphatic heterocycles. The van der Waals surface area contributed by atoms with Gasteiger partial charge in [-0.1, -0.05) is 39.0 Å². The molecular weight excluding hydrogens is 322 g/mol. The lowest BCUT2D eigenvalue weighted by molar-refractivity contribution is -0.128. The number of hydrogen-bond acceptors (Lipinski definition) is 3. The van der Waals surface area contributed by atoms with E-state index >= 15 is 0 Å². The minimum atomic E-state index is -0.312. The molecule has 0 spiro atoms. The highest BCUT2D eigenvalue weighted by molar-refractivity contribution is 5.93. The number of benzene rings is 1. The number of nitrogens with one attached hydrogen (secondary N) is 2. The van der Waals surface area contributed by atoms with Gasteiger partial charge in [-0.05, 0) is 50.2 Å². The highest BCUT2D eigenvalue weighted by Crippen LogP contribution is 2.33. The Labute approximate surface area is 156 Å². The van der Waals surface area contributed by atoms with Gasteiger partial charge < -0.3 is 10.6 Å². The average Bonchev–Trinajstić information content (AvgIpc) is 2.62. The van der Waals surface area contributed by atoms with E-state index in [0.717, 1.165) is 44.3 Å². The minimum absolute atomic E-state index is 0.125. The maximum atomic E-state index is 11.9. The molecule has 1 aliphatic rings. The van der Waals surface area contributed by atoms with Crippen LogP contribution in [0.3, 0.4) is 0 Å². The Morgan fingerprint density at radius 2 is 1.81 bits per heavy atom. The second-order valence-corrected chi connectivity index (χ2v) is 8.28. The Balaban J connectivity index is 1.60. The molecule has 0 bridgehead atoms.